The van der Waals surface area contributed by atoms with Gasteiger partial charge in [0, 0.05) is 6.54 Å². The van der Waals surface area contributed by atoms with Crippen molar-refractivity contribution in [1.29, 1.82) is 0 Å². The Morgan fingerprint density at radius 2 is 2.00 bits per heavy atom. The second-order valence-corrected chi connectivity index (χ2v) is 4.69. The molecule has 0 fully saturated rings. The van der Waals surface area contributed by atoms with Crippen molar-refractivity contribution in [3.63, 3.8) is 0 Å². The lowest BCUT2D eigenvalue weighted by molar-refractivity contribution is 0.792. The van der Waals surface area contributed by atoms with E-state index in [-0.39, 0.29) is 0 Å². The van der Waals surface area contributed by atoms with Crippen LogP contribution in [0.25, 0.3) is 0 Å². The molecule has 3 nitrogen and oxygen atoms in total. The number of aromatic nitrogens is 2. The molecule has 84 valence electrons. The zero-order valence-electron chi connectivity index (χ0n) is 9.76. The molecule has 1 N–H and O–H groups in total. The standard InChI is InChI=1S/C11H18BrN3/c1-5-6-13-11-9(12)10(7(2)3)14-8(4)15-11/h7H,5-6H2,1-4H3,(H,13,14,15). The molecule has 1 aromatic heterocycles. The lowest BCUT2D eigenvalue weighted by atomic mass is 10.1. The van der Waals surface area contributed by atoms with Gasteiger partial charge in [0.15, 0.2) is 0 Å². The van der Waals surface area contributed by atoms with Crippen molar-refractivity contribution >= 4 is 21.7 Å². The lowest BCUT2D eigenvalue weighted by Gasteiger charge is -2.13. The summed E-state index contributed by atoms with van der Waals surface area (Å²) >= 11 is 3.56. The Hall–Kier alpha value is -0.640. The van der Waals surface area contributed by atoms with Gasteiger partial charge in [-0.15, -0.1) is 0 Å². The topological polar surface area (TPSA) is 37.8 Å². The van der Waals surface area contributed by atoms with Crippen LogP contribution in [0, 0.1) is 6.92 Å². The van der Waals surface area contributed by atoms with Crippen LogP contribution in [0.1, 0.15) is 44.6 Å². The summed E-state index contributed by atoms with van der Waals surface area (Å²) in [5.74, 6) is 2.14. The average molecular weight is 272 g/mol. The number of nitrogens with zero attached hydrogens (tertiary/aromatic N) is 2. The minimum Gasteiger partial charge on any atom is -0.369 e. The van der Waals surface area contributed by atoms with Gasteiger partial charge < -0.3 is 5.32 Å². The normalized spacial score (nSPS) is 10.8. The smallest absolute Gasteiger partial charge is 0.144 e. The highest BCUT2D eigenvalue weighted by molar-refractivity contribution is 9.10. The van der Waals surface area contributed by atoms with E-state index < -0.39 is 0 Å². The molecule has 1 heterocycles. The molecule has 1 rings (SSSR count). The van der Waals surface area contributed by atoms with Crippen LogP contribution in [-0.2, 0) is 0 Å². The Morgan fingerprint density at radius 1 is 1.33 bits per heavy atom. The molecule has 0 atom stereocenters. The van der Waals surface area contributed by atoms with Gasteiger partial charge in [-0.1, -0.05) is 20.8 Å². The highest BCUT2D eigenvalue weighted by Crippen LogP contribution is 2.28. The van der Waals surface area contributed by atoms with E-state index in [4.69, 9.17) is 0 Å². The molecule has 0 spiro atoms. The van der Waals surface area contributed by atoms with Crippen molar-refractivity contribution in [1.82, 2.24) is 9.97 Å². The first-order valence-electron chi connectivity index (χ1n) is 5.34. The lowest BCUT2D eigenvalue weighted by Crippen LogP contribution is -2.08. The van der Waals surface area contributed by atoms with Gasteiger partial charge in [0.25, 0.3) is 0 Å². The summed E-state index contributed by atoms with van der Waals surface area (Å²) in [6.45, 7) is 9.27. The molecule has 0 unspecified atom stereocenters. The Balaban J connectivity index is 3.05. The summed E-state index contributed by atoms with van der Waals surface area (Å²) in [4.78, 5) is 8.83. The fourth-order valence-electron chi connectivity index (χ4n) is 1.32. The van der Waals surface area contributed by atoms with Crippen molar-refractivity contribution < 1.29 is 0 Å². The van der Waals surface area contributed by atoms with E-state index in [9.17, 15) is 0 Å². The van der Waals surface area contributed by atoms with Crippen LogP contribution in [0.3, 0.4) is 0 Å². The van der Waals surface area contributed by atoms with Crippen molar-refractivity contribution in [2.75, 3.05) is 11.9 Å². The number of aryl methyl sites for hydroxylation is 1. The second kappa shape index (κ2) is 5.45. The van der Waals surface area contributed by atoms with Crippen LogP contribution in [-0.4, -0.2) is 16.5 Å². The number of halogens is 1. The minimum absolute atomic E-state index is 0.406. The molecule has 1 aromatic rings. The van der Waals surface area contributed by atoms with Crippen LogP contribution in [0.4, 0.5) is 5.82 Å². The number of anilines is 1. The van der Waals surface area contributed by atoms with E-state index in [0.29, 0.717) is 5.92 Å². The fourth-order valence-corrected chi connectivity index (χ4v) is 2.10. The molecule has 4 heteroatoms. The van der Waals surface area contributed by atoms with Crippen LogP contribution in [0.5, 0.6) is 0 Å². The maximum Gasteiger partial charge on any atom is 0.144 e. The zero-order chi connectivity index (χ0) is 11.4. The monoisotopic (exact) mass is 271 g/mol. The molecular formula is C11H18BrN3. The van der Waals surface area contributed by atoms with Crippen molar-refractivity contribution in [3.05, 3.63) is 16.0 Å². The first kappa shape index (κ1) is 12.4. The Kier molecular flexibility index (Phi) is 4.51. The van der Waals surface area contributed by atoms with Crippen molar-refractivity contribution in [2.45, 2.75) is 40.0 Å². The van der Waals surface area contributed by atoms with E-state index in [2.05, 4.69) is 52.0 Å². The van der Waals surface area contributed by atoms with E-state index in [1.54, 1.807) is 0 Å². The number of rotatable bonds is 4. The predicted octanol–water partition coefficient (Wildman–Crippen LogP) is 3.49. The predicted molar refractivity (Wildman–Crippen MR) is 67.3 cm³/mol. The van der Waals surface area contributed by atoms with Crippen molar-refractivity contribution in [2.24, 2.45) is 0 Å². The molecular weight excluding hydrogens is 254 g/mol. The fraction of sp³-hybridized carbons (Fsp3) is 0.636. The van der Waals surface area contributed by atoms with Gasteiger partial charge >= 0.3 is 0 Å². The van der Waals surface area contributed by atoms with Crippen LogP contribution in [0.15, 0.2) is 4.47 Å². The zero-order valence-corrected chi connectivity index (χ0v) is 11.3. The van der Waals surface area contributed by atoms with Gasteiger partial charge in [-0.05, 0) is 35.2 Å². The van der Waals surface area contributed by atoms with Gasteiger partial charge in [0.2, 0.25) is 0 Å². The van der Waals surface area contributed by atoms with Gasteiger partial charge in [-0.2, -0.15) is 0 Å². The summed E-state index contributed by atoms with van der Waals surface area (Å²) in [7, 11) is 0. The maximum atomic E-state index is 4.44. The number of hydrogen-bond donors (Lipinski definition) is 1. The molecule has 0 aliphatic heterocycles. The number of hydrogen-bond acceptors (Lipinski definition) is 3. The molecule has 0 bridgehead atoms. The molecule has 0 aliphatic rings. The molecule has 0 amide bonds. The third-order valence-electron chi connectivity index (χ3n) is 2.08. The summed E-state index contributed by atoms with van der Waals surface area (Å²) in [6.07, 6.45) is 1.09. The molecule has 15 heavy (non-hydrogen) atoms. The van der Waals surface area contributed by atoms with Crippen molar-refractivity contribution in [3.8, 4) is 0 Å². The summed E-state index contributed by atoms with van der Waals surface area (Å²) in [5, 5.41) is 3.30. The third-order valence-corrected chi connectivity index (χ3v) is 2.86. The Morgan fingerprint density at radius 3 is 2.53 bits per heavy atom. The molecule has 0 aliphatic carbocycles. The molecule has 0 aromatic carbocycles. The summed E-state index contributed by atoms with van der Waals surface area (Å²) in [6, 6.07) is 0. The molecule has 0 radical (unpaired) electrons. The SMILES string of the molecule is CCCNc1nc(C)nc(C(C)C)c1Br. The largest absolute Gasteiger partial charge is 0.369 e. The van der Waals surface area contributed by atoms with Crippen LogP contribution >= 0.6 is 15.9 Å². The van der Waals surface area contributed by atoms with Gasteiger partial charge in [-0.3, -0.25) is 0 Å². The Bertz CT molecular complexity index is 337. The van der Waals surface area contributed by atoms with Gasteiger partial charge in [-0.25, -0.2) is 9.97 Å². The van der Waals surface area contributed by atoms with E-state index in [1.807, 2.05) is 6.92 Å². The minimum atomic E-state index is 0.406. The van der Waals surface area contributed by atoms with Gasteiger partial charge in [0.1, 0.15) is 11.6 Å². The number of nitrogens with one attached hydrogen (secondary N) is 1. The second-order valence-electron chi connectivity index (χ2n) is 3.90. The molecule has 0 saturated heterocycles. The van der Waals surface area contributed by atoms with E-state index in [0.717, 1.165) is 34.8 Å². The maximum absolute atomic E-state index is 4.44. The first-order valence-corrected chi connectivity index (χ1v) is 6.13. The molecule has 0 saturated carbocycles. The average Bonchev–Trinajstić information content (AvgIpc) is 2.18. The summed E-state index contributed by atoms with van der Waals surface area (Å²) in [5.41, 5.74) is 1.07. The third kappa shape index (κ3) is 3.16. The van der Waals surface area contributed by atoms with Gasteiger partial charge in [0.05, 0.1) is 10.2 Å². The quantitative estimate of drug-likeness (QED) is 0.911. The van der Waals surface area contributed by atoms with E-state index >= 15 is 0 Å². The summed E-state index contributed by atoms with van der Waals surface area (Å²) < 4.78 is 0.997. The van der Waals surface area contributed by atoms with Crippen LogP contribution < -0.4 is 5.32 Å². The van der Waals surface area contributed by atoms with E-state index in [1.165, 1.54) is 0 Å². The Labute approximate surface area is 99.8 Å². The highest BCUT2D eigenvalue weighted by atomic mass is 79.9. The van der Waals surface area contributed by atoms with Crippen LogP contribution in [0.2, 0.25) is 0 Å². The highest BCUT2D eigenvalue weighted by Gasteiger charge is 2.12. The first-order chi connectivity index (χ1) is 7.06.